The molecule has 1 aliphatic carbocycles. The number of para-hydroxylation sites is 1. The van der Waals surface area contributed by atoms with E-state index in [1.165, 1.54) is 0 Å². The molecule has 0 N–H and O–H groups in total. The molecule has 4 nitrogen and oxygen atoms in total. The van der Waals surface area contributed by atoms with Gasteiger partial charge in [-0.15, -0.1) is 5.10 Å². The van der Waals surface area contributed by atoms with Crippen LogP contribution < -0.4 is 5.46 Å². The van der Waals surface area contributed by atoms with E-state index in [1.807, 2.05) is 36.8 Å². The lowest BCUT2D eigenvalue weighted by Crippen LogP contribution is -2.15. The minimum Gasteiger partial charge on any atom is -0.302 e. The largest absolute Gasteiger partial charge is 0.302 e. The smallest absolute Gasteiger partial charge is 0.139 e. The van der Waals surface area contributed by atoms with Crippen LogP contribution in [-0.4, -0.2) is 29.1 Å². The molecule has 1 saturated carbocycles. The Morgan fingerprint density at radius 3 is 2.76 bits per heavy atom. The van der Waals surface area contributed by atoms with Gasteiger partial charge in [-0.3, -0.25) is 0 Å². The zero-order valence-electron chi connectivity index (χ0n) is 11.8. The van der Waals surface area contributed by atoms with Crippen LogP contribution in [0.5, 0.6) is 0 Å². The molecule has 21 heavy (non-hydrogen) atoms. The summed E-state index contributed by atoms with van der Waals surface area (Å²) in [7, 11) is 2.05. The third kappa shape index (κ3) is 1.88. The normalized spacial score (nSPS) is 16.0. The first-order valence-electron chi connectivity index (χ1n) is 7.11. The number of benzene rings is 2. The Kier molecular flexibility index (Phi) is 2.51. The predicted molar refractivity (Wildman–Crippen MR) is 84.0 cm³/mol. The van der Waals surface area contributed by atoms with E-state index in [9.17, 15) is 4.79 Å². The van der Waals surface area contributed by atoms with E-state index in [2.05, 4.69) is 28.5 Å². The Balaban J connectivity index is 1.91. The average molecular weight is 275 g/mol. The van der Waals surface area contributed by atoms with Gasteiger partial charge in [-0.2, -0.15) is 0 Å². The summed E-state index contributed by atoms with van der Waals surface area (Å²) in [5, 5.41) is 8.45. The molecule has 3 aromatic rings. The first-order valence-corrected chi connectivity index (χ1v) is 7.11. The van der Waals surface area contributed by atoms with Gasteiger partial charge < -0.3 is 4.79 Å². The lowest BCUT2D eigenvalue weighted by atomic mass is 9.88. The zero-order valence-corrected chi connectivity index (χ0v) is 11.8. The maximum Gasteiger partial charge on any atom is 0.139 e. The molecule has 4 rings (SSSR count). The Bertz CT molecular complexity index is 852. The molecule has 1 heterocycles. The van der Waals surface area contributed by atoms with Crippen molar-refractivity contribution >= 4 is 30.6 Å². The van der Waals surface area contributed by atoms with E-state index >= 15 is 0 Å². The fourth-order valence-electron chi connectivity index (χ4n) is 2.84. The van der Waals surface area contributed by atoms with Gasteiger partial charge in [0.1, 0.15) is 19.6 Å². The van der Waals surface area contributed by atoms with Gasteiger partial charge in [-0.1, -0.05) is 28.9 Å². The van der Waals surface area contributed by atoms with Crippen LogP contribution in [0, 0.1) is 0 Å². The van der Waals surface area contributed by atoms with Crippen molar-refractivity contribution < 1.29 is 4.79 Å². The highest BCUT2D eigenvalue weighted by Crippen LogP contribution is 2.46. The minimum absolute atomic E-state index is 0.267. The maximum absolute atomic E-state index is 11.4. The van der Waals surface area contributed by atoms with Crippen molar-refractivity contribution in [1.82, 2.24) is 15.0 Å². The number of aromatic nitrogens is 3. The highest BCUT2D eigenvalue weighted by atomic mass is 16.1. The molecule has 0 radical (unpaired) electrons. The van der Waals surface area contributed by atoms with Gasteiger partial charge in [0.05, 0.1) is 16.6 Å². The second-order valence-electron chi connectivity index (χ2n) is 5.82. The summed E-state index contributed by atoms with van der Waals surface area (Å²) in [6.07, 6.45) is 2.97. The van der Waals surface area contributed by atoms with Gasteiger partial charge in [0.25, 0.3) is 0 Å². The molecule has 0 saturated heterocycles. The van der Waals surface area contributed by atoms with Crippen LogP contribution in [-0.2, 0) is 10.2 Å². The third-order valence-corrected chi connectivity index (χ3v) is 4.25. The monoisotopic (exact) mass is 275 g/mol. The molecule has 1 aliphatic rings. The number of fused-ring (bicyclic) bond motifs is 1. The Morgan fingerprint density at radius 1 is 1.19 bits per heavy atom. The Morgan fingerprint density at radius 2 is 2.00 bits per heavy atom. The van der Waals surface area contributed by atoms with Crippen molar-refractivity contribution in [2.24, 2.45) is 0 Å². The lowest BCUT2D eigenvalue weighted by molar-refractivity contribution is -0.109. The molecule has 2 aromatic carbocycles. The molecule has 1 aromatic heterocycles. The van der Waals surface area contributed by atoms with Crippen LogP contribution >= 0.6 is 0 Å². The fraction of sp³-hybridized carbons (Fsp3) is 0.188. The van der Waals surface area contributed by atoms with E-state index < -0.39 is 0 Å². The number of carbonyl (C=O) groups excluding carboxylic acids is 1. The third-order valence-electron chi connectivity index (χ3n) is 4.25. The number of rotatable bonds is 3. The van der Waals surface area contributed by atoms with E-state index in [0.29, 0.717) is 0 Å². The van der Waals surface area contributed by atoms with Crippen LogP contribution in [0.2, 0.25) is 0 Å². The van der Waals surface area contributed by atoms with Crippen molar-refractivity contribution in [3.05, 3.63) is 48.0 Å². The molecular formula is C16H14BN3O. The molecule has 0 atom stereocenters. The second kappa shape index (κ2) is 4.28. The lowest BCUT2D eigenvalue weighted by Gasteiger charge is -2.12. The topological polar surface area (TPSA) is 47.8 Å². The van der Waals surface area contributed by atoms with Crippen LogP contribution in [0.15, 0.2) is 42.5 Å². The molecule has 0 bridgehead atoms. The van der Waals surface area contributed by atoms with Gasteiger partial charge in [0.2, 0.25) is 0 Å². The molecule has 0 unspecified atom stereocenters. The van der Waals surface area contributed by atoms with Gasteiger partial charge in [0.15, 0.2) is 0 Å². The standard InChI is InChI=1S/C16H14BN3O/c17-12-7-11(16(10-21)5-6-16)8-13(9-12)20-15-4-2-1-3-14(15)18-19-20/h1-4,7-10H,5-6,17H2. The highest BCUT2D eigenvalue weighted by molar-refractivity contribution is 6.32. The molecule has 0 spiro atoms. The van der Waals surface area contributed by atoms with Crippen molar-refractivity contribution in [2.45, 2.75) is 18.3 Å². The van der Waals surface area contributed by atoms with Crippen molar-refractivity contribution in [3.63, 3.8) is 0 Å². The van der Waals surface area contributed by atoms with Crippen LogP contribution in [0.3, 0.4) is 0 Å². The quantitative estimate of drug-likeness (QED) is 0.527. The zero-order chi connectivity index (χ0) is 14.4. The first-order chi connectivity index (χ1) is 10.2. The Hall–Kier alpha value is -2.43. The Labute approximate surface area is 123 Å². The SMILES string of the molecule is Bc1cc(-n2nnc3ccccc32)cc(C2(C=O)CC2)c1. The summed E-state index contributed by atoms with van der Waals surface area (Å²) in [4.78, 5) is 11.4. The van der Waals surface area contributed by atoms with Crippen LogP contribution in [0.25, 0.3) is 16.7 Å². The van der Waals surface area contributed by atoms with E-state index in [-0.39, 0.29) is 5.41 Å². The van der Waals surface area contributed by atoms with Gasteiger partial charge in [0, 0.05) is 0 Å². The molecule has 5 heteroatoms. The number of aldehydes is 1. The summed E-state index contributed by atoms with van der Waals surface area (Å²) < 4.78 is 1.84. The van der Waals surface area contributed by atoms with Gasteiger partial charge >= 0.3 is 0 Å². The van der Waals surface area contributed by atoms with Crippen LogP contribution in [0.1, 0.15) is 18.4 Å². The fourth-order valence-corrected chi connectivity index (χ4v) is 2.84. The number of hydrogen-bond acceptors (Lipinski definition) is 3. The number of carbonyl (C=O) groups is 1. The van der Waals surface area contributed by atoms with Crippen molar-refractivity contribution in [2.75, 3.05) is 0 Å². The van der Waals surface area contributed by atoms with Gasteiger partial charge in [-0.25, -0.2) is 4.68 Å². The minimum atomic E-state index is -0.267. The summed E-state index contributed by atoms with van der Waals surface area (Å²) in [6.45, 7) is 0. The molecule has 102 valence electrons. The van der Waals surface area contributed by atoms with E-state index in [1.54, 1.807) is 0 Å². The highest BCUT2D eigenvalue weighted by Gasteiger charge is 2.44. The predicted octanol–water partition coefficient (Wildman–Crippen LogP) is 0.909. The van der Waals surface area contributed by atoms with Crippen molar-refractivity contribution in [1.29, 1.82) is 0 Å². The maximum atomic E-state index is 11.4. The van der Waals surface area contributed by atoms with E-state index in [0.717, 1.165) is 46.9 Å². The number of hydrogen-bond donors (Lipinski definition) is 0. The number of nitrogens with zero attached hydrogens (tertiary/aromatic N) is 3. The van der Waals surface area contributed by atoms with Gasteiger partial charge in [-0.05, 0) is 42.7 Å². The summed E-state index contributed by atoms with van der Waals surface area (Å²) in [5.41, 5.74) is 4.77. The molecular weight excluding hydrogens is 261 g/mol. The molecule has 0 aliphatic heterocycles. The van der Waals surface area contributed by atoms with Crippen molar-refractivity contribution in [3.8, 4) is 5.69 Å². The molecule has 0 amide bonds. The summed E-state index contributed by atoms with van der Waals surface area (Å²) in [6, 6.07) is 14.1. The van der Waals surface area contributed by atoms with E-state index in [4.69, 9.17) is 0 Å². The first kappa shape index (κ1) is 12.3. The second-order valence-corrected chi connectivity index (χ2v) is 5.82. The summed E-state index contributed by atoms with van der Waals surface area (Å²) in [5.74, 6) is 0. The van der Waals surface area contributed by atoms with Crippen LogP contribution in [0.4, 0.5) is 0 Å². The average Bonchev–Trinajstić information content (AvgIpc) is 3.19. The summed E-state index contributed by atoms with van der Waals surface area (Å²) >= 11 is 0. The molecule has 1 fully saturated rings.